The van der Waals surface area contributed by atoms with Gasteiger partial charge in [0.15, 0.2) is 5.78 Å². The summed E-state index contributed by atoms with van der Waals surface area (Å²) in [5.41, 5.74) is 8.77. The molecule has 5 nitrogen and oxygen atoms in total. The minimum atomic E-state index is -0.561. The summed E-state index contributed by atoms with van der Waals surface area (Å²) in [6, 6.07) is 7.28. The molecule has 7 heteroatoms. The summed E-state index contributed by atoms with van der Waals surface area (Å²) in [4.78, 5) is 12.8. The lowest BCUT2D eigenvalue weighted by molar-refractivity contribution is -0.116. The molecule has 0 amide bonds. The Morgan fingerprint density at radius 2 is 2.04 bits per heavy atom. The van der Waals surface area contributed by atoms with Gasteiger partial charge < -0.3 is 5.73 Å². The normalized spacial score (nSPS) is 20.9. The minimum Gasteiger partial charge on any atom is -0.383 e. The van der Waals surface area contributed by atoms with Crippen molar-refractivity contribution in [1.29, 1.82) is 5.26 Å². The molecule has 1 heterocycles. The molecule has 0 aromatic heterocycles. The van der Waals surface area contributed by atoms with E-state index in [0.717, 1.165) is 18.5 Å². The van der Waals surface area contributed by atoms with Gasteiger partial charge in [-0.3, -0.25) is 9.80 Å². The lowest BCUT2D eigenvalue weighted by atomic mass is 9.76. The average Bonchev–Trinajstić information content (AvgIpc) is 2.54. The first-order chi connectivity index (χ1) is 11.9. The van der Waals surface area contributed by atoms with Crippen LogP contribution < -0.4 is 5.73 Å². The predicted molar refractivity (Wildman–Crippen MR) is 97.4 cm³/mol. The number of nitrogens with zero attached hydrogens (tertiary/aromatic N) is 3. The molecule has 2 N–H and O–H groups in total. The molecule has 1 aromatic carbocycles. The van der Waals surface area contributed by atoms with Gasteiger partial charge >= 0.3 is 0 Å². The predicted octanol–water partition coefficient (Wildman–Crippen LogP) is 3.57. The summed E-state index contributed by atoms with van der Waals surface area (Å²) in [7, 11) is 3.67. The van der Waals surface area contributed by atoms with E-state index in [-0.39, 0.29) is 5.78 Å². The molecule has 0 radical (unpaired) electrons. The van der Waals surface area contributed by atoms with Crippen LogP contribution in [0.15, 0.2) is 40.9 Å². The number of hydrogen-bond acceptors (Lipinski definition) is 5. The fourth-order valence-electron chi connectivity index (χ4n) is 3.57. The lowest BCUT2D eigenvalue weighted by Gasteiger charge is -2.42. The first-order valence-corrected chi connectivity index (χ1v) is 8.70. The third-order valence-corrected chi connectivity index (χ3v) is 5.12. The van der Waals surface area contributed by atoms with Gasteiger partial charge in [0.1, 0.15) is 5.82 Å². The van der Waals surface area contributed by atoms with Gasteiger partial charge in [0, 0.05) is 41.8 Å². The van der Waals surface area contributed by atoms with E-state index in [1.165, 1.54) is 0 Å². The molecule has 0 bridgehead atoms. The van der Waals surface area contributed by atoms with E-state index >= 15 is 0 Å². The van der Waals surface area contributed by atoms with Crippen LogP contribution in [0.5, 0.6) is 0 Å². The zero-order valence-electron chi connectivity index (χ0n) is 14.0. The van der Waals surface area contributed by atoms with Crippen molar-refractivity contribution in [2.45, 2.75) is 25.2 Å². The first-order valence-electron chi connectivity index (χ1n) is 7.95. The highest BCUT2D eigenvalue weighted by atomic mass is 35.5. The van der Waals surface area contributed by atoms with Crippen LogP contribution in [0.2, 0.25) is 10.0 Å². The highest BCUT2D eigenvalue weighted by molar-refractivity contribution is 6.35. The van der Waals surface area contributed by atoms with Crippen molar-refractivity contribution in [3.63, 3.8) is 0 Å². The molecule has 1 aliphatic carbocycles. The maximum atomic E-state index is 12.8. The average molecular weight is 377 g/mol. The van der Waals surface area contributed by atoms with Crippen molar-refractivity contribution in [3.8, 4) is 6.07 Å². The monoisotopic (exact) mass is 376 g/mol. The van der Waals surface area contributed by atoms with Gasteiger partial charge in [-0.2, -0.15) is 5.26 Å². The minimum absolute atomic E-state index is 0.0318. The molecular weight excluding hydrogens is 359 g/mol. The first kappa shape index (κ1) is 17.8. The number of allylic oxidation sites excluding steroid dienone is 3. The zero-order valence-corrected chi connectivity index (χ0v) is 15.5. The molecular formula is C18H18Cl2N4O. The van der Waals surface area contributed by atoms with E-state index in [4.69, 9.17) is 28.9 Å². The van der Waals surface area contributed by atoms with Crippen molar-refractivity contribution in [3.05, 3.63) is 56.5 Å². The number of carbonyl (C=O) groups is 1. The van der Waals surface area contributed by atoms with Gasteiger partial charge in [-0.1, -0.05) is 29.3 Å². The van der Waals surface area contributed by atoms with Crippen LogP contribution in [-0.4, -0.2) is 29.9 Å². The summed E-state index contributed by atoms with van der Waals surface area (Å²) >= 11 is 12.4. The van der Waals surface area contributed by atoms with E-state index in [1.807, 2.05) is 14.1 Å². The number of rotatable bonds is 2. The Morgan fingerprint density at radius 1 is 1.32 bits per heavy atom. The zero-order chi connectivity index (χ0) is 18.3. The van der Waals surface area contributed by atoms with E-state index in [9.17, 15) is 10.1 Å². The molecule has 1 unspecified atom stereocenters. The fraction of sp³-hybridized carbons (Fsp3) is 0.333. The van der Waals surface area contributed by atoms with Crippen molar-refractivity contribution in [2.75, 3.05) is 14.1 Å². The highest BCUT2D eigenvalue weighted by Crippen LogP contribution is 2.46. The second kappa shape index (κ2) is 6.72. The quantitative estimate of drug-likeness (QED) is 0.853. The molecule has 0 spiro atoms. The largest absolute Gasteiger partial charge is 0.383 e. The highest BCUT2D eigenvalue weighted by Gasteiger charge is 2.41. The van der Waals surface area contributed by atoms with Crippen LogP contribution in [0, 0.1) is 11.3 Å². The third-order valence-electron chi connectivity index (χ3n) is 4.56. The summed E-state index contributed by atoms with van der Waals surface area (Å²) in [5, 5.41) is 14.2. The molecule has 3 rings (SSSR count). The van der Waals surface area contributed by atoms with Gasteiger partial charge in [0.05, 0.1) is 17.6 Å². The Kier molecular flexibility index (Phi) is 4.79. The van der Waals surface area contributed by atoms with Crippen molar-refractivity contribution in [2.24, 2.45) is 5.73 Å². The molecule has 2 aliphatic rings. The van der Waals surface area contributed by atoms with Gasteiger partial charge in [0.2, 0.25) is 0 Å². The second-order valence-corrected chi connectivity index (χ2v) is 7.15. The Balaban J connectivity index is 2.29. The van der Waals surface area contributed by atoms with Crippen molar-refractivity contribution >= 4 is 29.0 Å². The number of nitriles is 1. The number of halogens is 2. The Hall–Kier alpha value is -2.00. The summed E-state index contributed by atoms with van der Waals surface area (Å²) in [5.74, 6) is -0.199. The molecule has 1 atom stereocenters. The van der Waals surface area contributed by atoms with Gasteiger partial charge in [-0.05, 0) is 30.5 Å². The number of benzene rings is 1. The van der Waals surface area contributed by atoms with Crippen LogP contribution in [-0.2, 0) is 4.79 Å². The maximum Gasteiger partial charge on any atom is 0.161 e. The molecule has 0 saturated heterocycles. The molecule has 1 aromatic rings. The van der Waals surface area contributed by atoms with E-state index in [0.29, 0.717) is 39.0 Å². The number of carbonyl (C=O) groups excluding carboxylic acids is 1. The lowest BCUT2D eigenvalue weighted by Crippen LogP contribution is -2.45. The Labute approximate surface area is 156 Å². The maximum absolute atomic E-state index is 12.8. The smallest absolute Gasteiger partial charge is 0.161 e. The van der Waals surface area contributed by atoms with Crippen molar-refractivity contribution in [1.82, 2.24) is 10.0 Å². The number of nitrogens with two attached hydrogens (primary N) is 1. The Morgan fingerprint density at radius 3 is 2.64 bits per heavy atom. The number of hydrogen-bond donors (Lipinski definition) is 1. The van der Waals surface area contributed by atoms with Crippen LogP contribution in [0.25, 0.3) is 0 Å². The van der Waals surface area contributed by atoms with E-state index in [2.05, 4.69) is 6.07 Å². The molecule has 130 valence electrons. The van der Waals surface area contributed by atoms with Crippen LogP contribution in [0.3, 0.4) is 0 Å². The summed E-state index contributed by atoms with van der Waals surface area (Å²) in [6.07, 6.45) is 1.94. The third kappa shape index (κ3) is 2.91. The van der Waals surface area contributed by atoms with Crippen LogP contribution in [0.1, 0.15) is 30.7 Å². The topological polar surface area (TPSA) is 73.4 Å². The van der Waals surface area contributed by atoms with Crippen LogP contribution in [0.4, 0.5) is 0 Å². The fourth-order valence-corrected chi connectivity index (χ4v) is 4.09. The molecule has 0 saturated carbocycles. The van der Waals surface area contributed by atoms with Gasteiger partial charge in [-0.15, -0.1) is 0 Å². The summed E-state index contributed by atoms with van der Waals surface area (Å²) in [6.45, 7) is 0. The van der Waals surface area contributed by atoms with E-state index in [1.54, 1.807) is 28.2 Å². The van der Waals surface area contributed by atoms with Crippen LogP contribution >= 0.6 is 23.2 Å². The molecule has 0 fully saturated rings. The van der Waals surface area contributed by atoms with Gasteiger partial charge in [0.25, 0.3) is 0 Å². The molecule has 25 heavy (non-hydrogen) atoms. The number of hydrazine groups is 1. The second-order valence-electron chi connectivity index (χ2n) is 6.31. The number of Topliss-reactive ketones (excluding diaryl/α,β-unsaturated/α-hetero) is 1. The standard InChI is InChI=1S/C18H18Cl2N4O/c1-23(2)24-14-4-3-5-15(25)17(14)16(12(9-21)18(24)22)11-7-6-10(19)8-13(11)20/h6-8,16H,3-5,22H2,1-2H3. The van der Waals surface area contributed by atoms with Gasteiger partial charge in [-0.25, -0.2) is 5.01 Å². The molecule has 1 aliphatic heterocycles. The number of ketones is 1. The van der Waals surface area contributed by atoms with Crippen molar-refractivity contribution < 1.29 is 4.79 Å². The Bertz CT molecular complexity index is 851. The van der Waals surface area contributed by atoms with E-state index < -0.39 is 5.92 Å². The summed E-state index contributed by atoms with van der Waals surface area (Å²) < 4.78 is 0. The SMILES string of the molecule is CN(C)N1C(N)=C(C#N)C(c2ccc(Cl)cc2Cl)C2=C1CCCC2=O.